The van der Waals surface area contributed by atoms with Crippen molar-refractivity contribution in [2.24, 2.45) is 0 Å². The van der Waals surface area contributed by atoms with Crippen LogP contribution >= 0.6 is 0 Å². The summed E-state index contributed by atoms with van der Waals surface area (Å²) >= 11 is 0. The Kier molecular flexibility index (Phi) is 4.44. The van der Waals surface area contributed by atoms with Crippen LogP contribution in [0.4, 0.5) is 8.78 Å². The molecule has 0 spiro atoms. The monoisotopic (exact) mass is 271 g/mol. The maximum Gasteiger partial charge on any atom is 0.325 e. The number of carboxylic acid groups (broad SMARTS) is 1. The highest BCUT2D eigenvalue weighted by atomic mass is 19.3. The molecule has 1 N–H and O–H groups in total. The highest BCUT2D eigenvalue weighted by Gasteiger charge is 2.29. The van der Waals surface area contributed by atoms with Crippen LogP contribution in [-0.4, -0.2) is 42.3 Å². The number of aliphatic carboxylic acids is 1. The zero-order chi connectivity index (χ0) is 13.8. The molecule has 2 rings (SSSR count). The van der Waals surface area contributed by atoms with Gasteiger partial charge in [0.1, 0.15) is 6.04 Å². The van der Waals surface area contributed by atoms with Crippen molar-refractivity contribution in [2.45, 2.75) is 12.5 Å². The molecule has 19 heavy (non-hydrogen) atoms. The highest BCUT2D eigenvalue weighted by Crippen LogP contribution is 2.26. The van der Waals surface area contributed by atoms with Gasteiger partial charge in [0.2, 0.25) is 0 Å². The standard InChI is InChI=1S/C13H15F2NO3/c14-12(15)10-3-1-2-9(8-10)11(13(17)18)16-4-6-19-7-5-16/h1-3,8,11-12H,4-7H2,(H,17,18). The van der Waals surface area contributed by atoms with E-state index in [0.717, 1.165) is 0 Å². The number of halogens is 2. The van der Waals surface area contributed by atoms with E-state index >= 15 is 0 Å². The van der Waals surface area contributed by atoms with Gasteiger partial charge in [-0.1, -0.05) is 18.2 Å². The van der Waals surface area contributed by atoms with Crippen LogP contribution in [0.1, 0.15) is 23.6 Å². The second kappa shape index (κ2) is 6.08. The van der Waals surface area contributed by atoms with Crippen LogP contribution in [0.2, 0.25) is 0 Å². The lowest BCUT2D eigenvalue weighted by molar-refractivity contribution is -0.145. The fourth-order valence-corrected chi connectivity index (χ4v) is 2.21. The Morgan fingerprint density at radius 3 is 2.47 bits per heavy atom. The number of rotatable bonds is 4. The summed E-state index contributed by atoms with van der Waals surface area (Å²) < 4.78 is 30.5. The van der Waals surface area contributed by atoms with Gasteiger partial charge in [0, 0.05) is 18.7 Å². The molecule has 0 radical (unpaired) electrons. The number of benzene rings is 1. The lowest BCUT2D eigenvalue weighted by Crippen LogP contribution is -2.42. The molecule has 1 saturated heterocycles. The van der Waals surface area contributed by atoms with Crippen molar-refractivity contribution in [3.8, 4) is 0 Å². The van der Waals surface area contributed by atoms with Gasteiger partial charge in [-0.2, -0.15) is 0 Å². The number of hydrogen-bond acceptors (Lipinski definition) is 3. The number of carboxylic acids is 1. The van der Waals surface area contributed by atoms with Gasteiger partial charge < -0.3 is 9.84 Å². The van der Waals surface area contributed by atoms with E-state index in [1.165, 1.54) is 18.2 Å². The Hall–Kier alpha value is -1.53. The lowest BCUT2D eigenvalue weighted by atomic mass is 10.0. The minimum Gasteiger partial charge on any atom is -0.480 e. The van der Waals surface area contributed by atoms with Crippen molar-refractivity contribution in [3.05, 3.63) is 35.4 Å². The minimum absolute atomic E-state index is 0.156. The summed E-state index contributed by atoms with van der Waals surface area (Å²) in [6.07, 6.45) is -2.60. The molecule has 1 fully saturated rings. The molecule has 0 amide bonds. The number of hydrogen-bond donors (Lipinski definition) is 1. The van der Waals surface area contributed by atoms with Gasteiger partial charge in [-0.3, -0.25) is 9.69 Å². The van der Waals surface area contributed by atoms with Gasteiger partial charge in [0.15, 0.2) is 0 Å². The first-order chi connectivity index (χ1) is 9.09. The van der Waals surface area contributed by atoms with E-state index in [0.29, 0.717) is 31.9 Å². The van der Waals surface area contributed by atoms with Gasteiger partial charge in [0.25, 0.3) is 6.43 Å². The SMILES string of the molecule is O=C(O)C(c1cccc(C(F)F)c1)N1CCOCC1. The normalized spacial score (nSPS) is 18.5. The van der Waals surface area contributed by atoms with Gasteiger partial charge in [0.05, 0.1) is 13.2 Å². The first-order valence-electron chi connectivity index (χ1n) is 6.02. The maximum absolute atomic E-state index is 12.7. The summed E-state index contributed by atoms with van der Waals surface area (Å²) in [5, 5.41) is 9.34. The molecular formula is C13H15F2NO3. The van der Waals surface area contributed by atoms with Crippen molar-refractivity contribution in [3.63, 3.8) is 0 Å². The van der Waals surface area contributed by atoms with E-state index < -0.39 is 18.4 Å². The van der Waals surface area contributed by atoms with E-state index in [2.05, 4.69) is 0 Å². The number of carbonyl (C=O) groups is 1. The highest BCUT2D eigenvalue weighted by molar-refractivity contribution is 5.75. The van der Waals surface area contributed by atoms with Crippen molar-refractivity contribution < 1.29 is 23.4 Å². The third-order valence-electron chi connectivity index (χ3n) is 3.12. The number of morpholine rings is 1. The average Bonchev–Trinajstić information content (AvgIpc) is 2.40. The maximum atomic E-state index is 12.7. The molecule has 0 bridgehead atoms. The van der Waals surface area contributed by atoms with Crippen LogP contribution in [-0.2, 0) is 9.53 Å². The molecular weight excluding hydrogens is 256 g/mol. The molecule has 0 aromatic heterocycles. The summed E-state index contributed by atoms with van der Waals surface area (Å²) in [5.74, 6) is -1.03. The Morgan fingerprint density at radius 1 is 1.26 bits per heavy atom. The fourth-order valence-electron chi connectivity index (χ4n) is 2.21. The summed E-state index contributed by atoms with van der Waals surface area (Å²) in [4.78, 5) is 13.1. The molecule has 0 aliphatic carbocycles. The first-order valence-corrected chi connectivity index (χ1v) is 6.02. The zero-order valence-corrected chi connectivity index (χ0v) is 10.3. The molecule has 1 unspecified atom stereocenters. The Labute approximate surface area is 109 Å². The third kappa shape index (κ3) is 3.27. The molecule has 1 atom stereocenters. The molecule has 4 nitrogen and oxygen atoms in total. The van der Waals surface area contributed by atoms with Crippen LogP contribution in [0.3, 0.4) is 0 Å². The molecule has 6 heteroatoms. The average molecular weight is 271 g/mol. The quantitative estimate of drug-likeness (QED) is 0.911. The zero-order valence-electron chi connectivity index (χ0n) is 10.3. The molecule has 104 valence electrons. The number of alkyl halides is 2. The van der Waals surface area contributed by atoms with E-state index in [9.17, 15) is 18.7 Å². The van der Waals surface area contributed by atoms with Crippen molar-refractivity contribution in [2.75, 3.05) is 26.3 Å². The molecule has 1 aliphatic rings. The van der Waals surface area contributed by atoms with Crippen LogP contribution in [0, 0.1) is 0 Å². The topological polar surface area (TPSA) is 49.8 Å². The van der Waals surface area contributed by atoms with E-state index in [-0.39, 0.29) is 5.56 Å². The third-order valence-corrected chi connectivity index (χ3v) is 3.12. The van der Waals surface area contributed by atoms with E-state index in [1.54, 1.807) is 11.0 Å². The van der Waals surface area contributed by atoms with Crippen LogP contribution < -0.4 is 0 Å². The first kappa shape index (κ1) is 13.9. The van der Waals surface area contributed by atoms with Gasteiger partial charge in [-0.25, -0.2) is 8.78 Å². The fraction of sp³-hybridized carbons (Fsp3) is 0.462. The molecule has 1 aromatic carbocycles. The second-order valence-electron chi connectivity index (χ2n) is 4.36. The van der Waals surface area contributed by atoms with Crippen LogP contribution in [0.25, 0.3) is 0 Å². The molecule has 1 aliphatic heterocycles. The lowest BCUT2D eigenvalue weighted by Gasteiger charge is -2.32. The molecule has 0 saturated carbocycles. The summed E-state index contributed by atoms with van der Waals surface area (Å²) in [6.45, 7) is 1.88. The van der Waals surface area contributed by atoms with Crippen LogP contribution in [0.5, 0.6) is 0 Å². The summed E-state index contributed by atoms with van der Waals surface area (Å²) in [5.41, 5.74) is 0.226. The van der Waals surface area contributed by atoms with Gasteiger partial charge >= 0.3 is 5.97 Å². The Bertz CT molecular complexity index is 447. The second-order valence-corrected chi connectivity index (χ2v) is 4.36. The van der Waals surface area contributed by atoms with Crippen LogP contribution in [0.15, 0.2) is 24.3 Å². The van der Waals surface area contributed by atoms with E-state index in [1.807, 2.05) is 0 Å². The minimum atomic E-state index is -2.60. The Balaban J connectivity index is 2.27. The van der Waals surface area contributed by atoms with Crippen molar-refractivity contribution >= 4 is 5.97 Å². The van der Waals surface area contributed by atoms with E-state index in [4.69, 9.17) is 4.74 Å². The predicted octanol–water partition coefficient (Wildman–Crippen LogP) is 2.08. The smallest absolute Gasteiger partial charge is 0.325 e. The molecule has 1 aromatic rings. The summed E-state index contributed by atoms with van der Waals surface area (Å²) in [7, 11) is 0. The predicted molar refractivity (Wildman–Crippen MR) is 64.2 cm³/mol. The van der Waals surface area contributed by atoms with Gasteiger partial charge in [-0.15, -0.1) is 0 Å². The van der Waals surface area contributed by atoms with Crippen molar-refractivity contribution in [1.82, 2.24) is 4.90 Å². The summed E-state index contributed by atoms with van der Waals surface area (Å²) in [6, 6.07) is 4.70. The number of nitrogens with zero attached hydrogens (tertiary/aromatic N) is 1. The van der Waals surface area contributed by atoms with Gasteiger partial charge in [-0.05, 0) is 11.6 Å². The number of ether oxygens (including phenoxy) is 1. The molecule has 1 heterocycles. The van der Waals surface area contributed by atoms with Crippen molar-refractivity contribution in [1.29, 1.82) is 0 Å². The largest absolute Gasteiger partial charge is 0.480 e. The Morgan fingerprint density at radius 2 is 1.89 bits per heavy atom.